The van der Waals surface area contributed by atoms with Crippen LogP contribution in [0, 0.1) is 0 Å². The van der Waals surface area contributed by atoms with Crippen LogP contribution in [0.2, 0.25) is 0 Å². The second kappa shape index (κ2) is 5.63. The molecule has 0 amide bonds. The number of anilines is 1. The summed E-state index contributed by atoms with van der Waals surface area (Å²) in [4.78, 5) is 13.6. The Morgan fingerprint density at radius 1 is 0.958 bits per heavy atom. The first-order valence-corrected chi connectivity index (χ1v) is 8.55. The second-order valence-corrected chi connectivity index (χ2v) is 6.57. The molecule has 24 heavy (non-hydrogen) atoms. The van der Waals surface area contributed by atoms with Crippen LogP contribution in [0.4, 0.5) is 5.95 Å². The van der Waals surface area contributed by atoms with E-state index in [4.69, 9.17) is 9.47 Å². The number of nitrogens with zero attached hydrogens (tertiary/aromatic N) is 4. The lowest BCUT2D eigenvalue weighted by atomic mass is 10.1. The standard InChI is InChI=1S/C18H20N4O2/c1-4-19-18(20-5-1)22-8-6-21(7-9-22)14-10-13-2-3-16-17(15(13)11-14)24-12-23-16/h1-5,14H,6-12H2. The molecule has 3 heterocycles. The first kappa shape index (κ1) is 14.0. The predicted octanol–water partition coefficient (Wildman–Crippen LogP) is 1.49. The average Bonchev–Trinajstić information content (AvgIpc) is 3.28. The lowest BCUT2D eigenvalue weighted by molar-refractivity contribution is 0.171. The van der Waals surface area contributed by atoms with Crippen molar-refractivity contribution in [3.05, 3.63) is 41.7 Å². The van der Waals surface area contributed by atoms with Gasteiger partial charge in [-0.1, -0.05) is 6.07 Å². The molecular weight excluding hydrogens is 304 g/mol. The fraction of sp³-hybridized carbons (Fsp3) is 0.444. The maximum absolute atomic E-state index is 5.69. The van der Waals surface area contributed by atoms with E-state index in [1.807, 2.05) is 24.5 Å². The minimum absolute atomic E-state index is 0.353. The molecule has 5 rings (SSSR count). The summed E-state index contributed by atoms with van der Waals surface area (Å²) in [5.41, 5.74) is 2.77. The molecule has 1 unspecified atom stereocenters. The van der Waals surface area contributed by atoms with Gasteiger partial charge in [0, 0.05) is 50.2 Å². The lowest BCUT2D eigenvalue weighted by Crippen LogP contribution is -2.51. The van der Waals surface area contributed by atoms with E-state index in [9.17, 15) is 0 Å². The van der Waals surface area contributed by atoms with Crippen LogP contribution in [-0.4, -0.2) is 53.9 Å². The van der Waals surface area contributed by atoms with Gasteiger partial charge in [-0.2, -0.15) is 0 Å². The van der Waals surface area contributed by atoms with Crippen molar-refractivity contribution in [1.29, 1.82) is 0 Å². The van der Waals surface area contributed by atoms with Crippen molar-refractivity contribution in [3.63, 3.8) is 0 Å². The number of rotatable bonds is 2. The molecule has 0 saturated carbocycles. The summed E-state index contributed by atoms with van der Waals surface area (Å²) in [6, 6.07) is 6.68. The number of hydrogen-bond acceptors (Lipinski definition) is 6. The van der Waals surface area contributed by atoms with E-state index < -0.39 is 0 Å². The summed E-state index contributed by atoms with van der Waals surface area (Å²) in [6.45, 7) is 4.42. The normalized spacial score (nSPS) is 22.7. The summed E-state index contributed by atoms with van der Waals surface area (Å²) in [7, 11) is 0. The Morgan fingerprint density at radius 2 is 1.79 bits per heavy atom. The largest absolute Gasteiger partial charge is 0.454 e. The van der Waals surface area contributed by atoms with Crippen LogP contribution >= 0.6 is 0 Å². The molecule has 3 aliphatic rings. The van der Waals surface area contributed by atoms with Crippen LogP contribution in [0.3, 0.4) is 0 Å². The minimum atomic E-state index is 0.353. The van der Waals surface area contributed by atoms with E-state index in [-0.39, 0.29) is 0 Å². The van der Waals surface area contributed by atoms with Gasteiger partial charge in [-0.3, -0.25) is 4.90 Å². The summed E-state index contributed by atoms with van der Waals surface area (Å²) >= 11 is 0. The third kappa shape index (κ3) is 2.29. The van der Waals surface area contributed by atoms with Gasteiger partial charge in [-0.15, -0.1) is 0 Å². The fourth-order valence-electron chi connectivity index (χ4n) is 4.05. The Balaban J connectivity index is 1.27. The average molecular weight is 324 g/mol. The molecule has 6 nitrogen and oxygen atoms in total. The smallest absolute Gasteiger partial charge is 0.231 e. The molecule has 1 aromatic carbocycles. The molecule has 1 atom stereocenters. The first-order valence-electron chi connectivity index (χ1n) is 8.55. The number of hydrogen-bond donors (Lipinski definition) is 0. The molecule has 1 aliphatic carbocycles. The summed E-state index contributed by atoms with van der Waals surface area (Å²) in [5, 5.41) is 0. The van der Waals surface area contributed by atoms with Crippen molar-refractivity contribution in [2.24, 2.45) is 0 Å². The van der Waals surface area contributed by atoms with Gasteiger partial charge in [-0.05, 0) is 30.5 Å². The minimum Gasteiger partial charge on any atom is -0.454 e. The molecule has 1 aromatic heterocycles. The van der Waals surface area contributed by atoms with Gasteiger partial charge in [0.1, 0.15) is 0 Å². The second-order valence-electron chi connectivity index (χ2n) is 6.57. The van der Waals surface area contributed by atoms with E-state index in [0.717, 1.165) is 56.5 Å². The Bertz CT molecular complexity index is 744. The van der Waals surface area contributed by atoms with Crippen molar-refractivity contribution in [2.45, 2.75) is 18.9 Å². The molecule has 0 bridgehead atoms. The van der Waals surface area contributed by atoms with Gasteiger partial charge >= 0.3 is 0 Å². The zero-order valence-electron chi connectivity index (χ0n) is 13.5. The van der Waals surface area contributed by atoms with E-state index in [1.54, 1.807) is 0 Å². The van der Waals surface area contributed by atoms with E-state index in [2.05, 4.69) is 25.8 Å². The molecular formula is C18H20N4O2. The zero-order chi connectivity index (χ0) is 15.9. The monoisotopic (exact) mass is 324 g/mol. The fourth-order valence-corrected chi connectivity index (χ4v) is 4.05. The van der Waals surface area contributed by atoms with Crippen LogP contribution in [0.1, 0.15) is 11.1 Å². The van der Waals surface area contributed by atoms with Crippen molar-refractivity contribution >= 4 is 5.95 Å². The summed E-state index contributed by atoms with van der Waals surface area (Å²) < 4.78 is 11.2. The molecule has 0 spiro atoms. The van der Waals surface area contributed by atoms with Gasteiger partial charge in [0.15, 0.2) is 11.5 Å². The quantitative estimate of drug-likeness (QED) is 0.834. The third-order valence-corrected chi connectivity index (χ3v) is 5.30. The van der Waals surface area contributed by atoms with Gasteiger partial charge < -0.3 is 14.4 Å². The number of benzene rings is 1. The number of piperazine rings is 1. The third-order valence-electron chi connectivity index (χ3n) is 5.30. The van der Waals surface area contributed by atoms with E-state index in [0.29, 0.717) is 12.8 Å². The van der Waals surface area contributed by atoms with Gasteiger partial charge in [0.2, 0.25) is 12.7 Å². The van der Waals surface area contributed by atoms with E-state index in [1.165, 1.54) is 11.1 Å². The van der Waals surface area contributed by atoms with Gasteiger partial charge in [-0.25, -0.2) is 9.97 Å². The van der Waals surface area contributed by atoms with Crippen molar-refractivity contribution in [1.82, 2.24) is 14.9 Å². The van der Waals surface area contributed by atoms with Crippen LogP contribution in [0.5, 0.6) is 11.5 Å². The summed E-state index contributed by atoms with van der Waals surface area (Å²) in [5.74, 6) is 2.72. The van der Waals surface area contributed by atoms with Crippen LogP contribution in [0.25, 0.3) is 0 Å². The molecule has 1 fully saturated rings. The Kier molecular flexibility index (Phi) is 3.29. The highest BCUT2D eigenvalue weighted by atomic mass is 16.7. The molecule has 0 radical (unpaired) electrons. The highest BCUT2D eigenvalue weighted by molar-refractivity contribution is 5.54. The zero-order valence-corrected chi connectivity index (χ0v) is 13.5. The highest BCUT2D eigenvalue weighted by Crippen LogP contribution is 2.42. The predicted molar refractivity (Wildman–Crippen MR) is 89.6 cm³/mol. The molecule has 2 aromatic rings. The highest BCUT2D eigenvalue weighted by Gasteiger charge is 2.33. The van der Waals surface area contributed by atoms with Crippen LogP contribution in [-0.2, 0) is 12.8 Å². The molecule has 124 valence electrons. The first-order chi connectivity index (χ1) is 11.9. The SMILES string of the molecule is c1cnc(N2CCN(C3Cc4ccc5c(c4C3)OCO5)CC2)nc1. The summed E-state index contributed by atoms with van der Waals surface area (Å²) in [6.07, 6.45) is 5.79. The number of aromatic nitrogens is 2. The van der Waals surface area contributed by atoms with Crippen molar-refractivity contribution in [2.75, 3.05) is 37.9 Å². The Morgan fingerprint density at radius 3 is 2.62 bits per heavy atom. The molecule has 6 heteroatoms. The maximum atomic E-state index is 5.69. The topological polar surface area (TPSA) is 50.7 Å². The molecule has 2 aliphatic heterocycles. The Hall–Kier alpha value is -2.34. The van der Waals surface area contributed by atoms with Crippen molar-refractivity contribution in [3.8, 4) is 11.5 Å². The molecule has 1 saturated heterocycles. The molecule has 0 N–H and O–H groups in total. The van der Waals surface area contributed by atoms with Gasteiger partial charge in [0.05, 0.1) is 0 Å². The van der Waals surface area contributed by atoms with E-state index >= 15 is 0 Å². The Labute approximate surface area is 141 Å². The number of ether oxygens (including phenoxy) is 2. The van der Waals surface area contributed by atoms with Crippen LogP contribution in [0.15, 0.2) is 30.6 Å². The lowest BCUT2D eigenvalue weighted by Gasteiger charge is -2.38. The van der Waals surface area contributed by atoms with Crippen molar-refractivity contribution < 1.29 is 9.47 Å². The number of fused-ring (bicyclic) bond motifs is 3. The maximum Gasteiger partial charge on any atom is 0.231 e. The van der Waals surface area contributed by atoms with Gasteiger partial charge in [0.25, 0.3) is 0 Å². The van der Waals surface area contributed by atoms with Crippen LogP contribution < -0.4 is 14.4 Å².